The highest BCUT2D eigenvalue weighted by atomic mass is 16.5. The number of fused-ring (bicyclic) bond motifs is 1. The highest BCUT2D eigenvalue weighted by molar-refractivity contribution is 6.28. The van der Waals surface area contributed by atoms with Crippen molar-refractivity contribution in [3.63, 3.8) is 0 Å². The predicted octanol–water partition coefficient (Wildman–Crippen LogP) is 2.38. The fourth-order valence-corrected chi connectivity index (χ4v) is 2.69. The van der Waals surface area contributed by atoms with Crippen LogP contribution in [0.2, 0.25) is 0 Å². The lowest BCUT2D eigenvalue weighted by Crippen LogP contribution is -2.32. The number of carbonyl (C=O) groups is 2. The number of hydrogen-bond donors (Lipinski definition) is 1. The largest absolute Gasteiger partial charge is 0.497 e. The predicted molar refractivity (Wildman–Crippen MR) is 92.7 cm³/mol. The molecule has 0 aromatic heterocycles. The van der Waals surface area contributed by atoms with Gasteiger partial charge in [-0.15, -0.1) is 0 Å². The van der Waals surface area contributed by atoms with Crippen LogP contribution in [0.5, 0.6) is 5.75 Å². The van der Waals surface area contributed by atoms with Gasteiger partial charge in [0.1, 0.15) is 11.4 Å². The fourth-order valence-electron chi connectivity index (χ4n) is 2.69. The Morgan fingerprint density at radius 2 is 1.76 bits per heavy atom. The summed E-state index contributed by atoms with van der Waals surface area (Å²) in [6.45, 7) is 0. The van der Waals surface area contributed by atoms with E-state index in [1.165, 1.54) is 9.91 Å². The van der Waals surface area contributed by atoms with Gasteiger partial charge in [0.25, 0.3) is 5.91 Å². The maximum Gasteiger partial charge on any atom is 0.348 e. The van der Waals surface area contributed by atoms with Crippen LogP contribution in [0.3, 0.4) is 0 Å². The van der Waals surface area contributed by atoms with Crippen LogP contribution in [0.1, 0.15) is 5.56 Å². The van der Waals surface area contributed by atoms with E-state index in [4.69, 9.17) is 4.74 Å². The van der Waals surface area contributed by atoms with Crippen molar-refractivity contribution in [1.29, 1.82) is 0 Å². The maximum atomic E-state index is 12.3. The zero-order valence-electron chi connectivity index (χ0n) is 13.3. The molecule has 4 rings (SSSR count). The number of benzene rings is 2. The van der Waals surface area contributed by atoms with Gasteiger partial charge >= 0.3 is 6.03 Å². The summed E-state index contributed by atoms with van der Waals surface area (Å²) in [5, 5.41) is 1.40. The highest BCUT2D eigenvalue weighted by Crippen LogP contribution is 2.27. The lowest BCUT2D eigenvalue weighted by atomic mass is 10.2. The summed E-state index contributed by atoms with van der Waals surface area (Å²) in [6.07, 6.45) is 1.67. The Morgan fingerprint density at radius 1 is 1.04 bits per heavy atom. The van der Waals surface area contributed by atoms with Gasteiger partial charge in [-0.1, -0.05) is 30.3 Å². The van der Waals surface area contributed by atoms with Crippen LogP contribution in [0.15, 0.2) is 65.3 Å². The van der Waals surface area contributed by atoms with Crippen LogP contribution in [0.25, 0.3) is 6.08 Å². The van der Waals surface area contributed by atoms with Crippen molar-refractivity contribution in [2.24, 2.45) is 4.99 Å². The van der Waals surface area contributed by atoms with Gasteiger partial charge in [-0.25, -0.2) is 20.1 Å². The molecule has 1 fully saturated rings. The van der Waals surface area contributed by atoms with E-state index in [0.717, 1.165) is 11.3 Å². The summed E-state index contributed by atoms with van der Waals surface area (Å²) in [7, 11) is 1.59. The number of ether oxygens (including phenoxy) is 1. The van der Waals surface area contributed by atoms with Gasteiger partial charge in [-0.3, -0.25) is 4.79 Å². The number of hydrogen-bond acceptors (Lipinski definition) is 4. The summed E-state index contributed by atoms with van der Waals surface area (Å²) in [5.74, 6) is 0.564. The first-order valence-electron chi connectivity index (χ1n) is 7.62. The van der Waals surface area contributed by atoms with E-state index in [2.05, 4.69) is 10.4 Å². The van der Waals surface area contributed by atoms with Gasteiger partial charge in [-0.05, 0) is 35.9 Å². The Labute approximate surface area is 143 Å². The summed E-state index contributed by atoms with van der Waals surface area (Å²) in [4.78, 5) is 30.0. The van der Waals surface area contributed by atoms with E-state index in [0.29, 0.717) is 5.69 Å². The zero-order valence-corrected chi connectivity index (χ0v) is 13.3. The maximum absolute atomic E-state index is 12.3. The van der Waals surface area contributed by atoms with Crippen molar-refractivity contribution >= 4 is 29.7 Å². The third-order valence-electron chi connectivity index (χ3n) is 3.91. The van der Waals surface area contributed by atoms with Crippen LogP contribution in [-0.4, -0.2) is 30.0 Å². The number of aliphatic imine (C=N–C) groups is 1. The number of carbonyl (C=O) groups excluding carboxylic acids is 2. The molecule has 2 aliphatic heterocycles. The SMILES string of the molecule is COc1ccc(/C=C2\C(=O)N=C3N2NC(=O)N3c2ccccc2)cc1. The third kappa shape index (κ3) is 2.51. The second kappa shape index (κ2) is 5.79. The van der Waals surface area contributed by atoms with Crippen LogP contribution in [-0.2, 0) is 4.79 Å². The molecule has 7 heteroatoms. The molecule has 0 bridgehead atoms. The Kier molecular flexibility index (Phi) is 3.46. The van der Waals surface area contributed by atoms with Crippen LogP contribution in [0, 0.1) is 0 Å². The minimum Gasteiger partial charge on any atom is -0.497 e. The summed E-state index contributed by atoms with van der Waals surface area (Å²) < 4.78 is 5.12. The van der Waals surface area contributed by atoms with Crippen LogP contribution < -0.4 is 15.1 Å². The van der Waals surface area contributed by atoms with Crippen molar-refractivity contribution in [1.82, 2.24) is 10.4 Å². The molecule has 0 saturated carbocycles. The molecular formula is C18H14N4O3. The Bertz CT molecular complexity index is 904. The second-order valence-corrected chi connectivity index (χ2v) is 5.44. The molecular weight excluding hydrogens is 320 g/mol. The molecule has 2 aliphatic rings. The summed E-state index contributed by atoms with van der Waals surface area (Å²) in [5.41, 5.74) is 4.39. The molecule has 1 N–H and O–H groups in total. The van der Waals surface area contributed by atoms with Gasteiger partial charge in [0, 0.05) is 0 Å². The summed E-state index contributed by atoms with van der Waals surface area (Å²) in [6, 6.07) is 15.9. The smallest absolute Gasteiger partial charge is 0.348 e. The standard InChI is InChI=1S/C18H14N4O3/c1-25-14-9-7-12(8-10-14)11-15-16(23)19-17-21(18(24)20-22(15)17)13-5-3-2-4-6-13/h2-11H,1H3,(H,20,24)/b15-11+. The lowest BCUT2D eigenvalue weighted by Gasteiger charge is -2.14. The topological polar surface area (TPSA) is 74.2 Å². The minimum atomic E-state index is -0.410. The Balaban J connectivity index is 1.67. The molecule has 2 heterocycles. The van der Waals surface area contributed by atoms with Crippen molar-refractivity contribution in [2.75, 3.05) is 12.0 Å². The average molecular weight is 334 g/mol. The number of anilines is 1. The van der Waals surface area contributed by atoms with Gasteiger partial charge in [0.15, 0.2) is 0 Å². The fraction of sp³-hybridized carbons (Fsp3) is 0.0556. The van der Waals surface area contributed by atoms with E-state index in [1.807, 2.05) is 30.3 Å². The van der Waals surface area contributed by atoms with Gasteiger partial charge < -0.3 is 4.74 Å². The lowest BCUT2D eigenvalue weighted by molar-refractivity contribution is -0.114. The average Bonchev–Trinajstić information content (AvgIpc) is 3.10. The number of amides is 3. The first-order valence-corrected chi connectivity index (χ1v) is 7.62. The quantitative estimate of drug-likeness (QED) is 0.875. The normalized spacial score (nSPS) is 17.6. The van der Waals surface area contributed by atoms with E-state index in [1.54, 1.807) is 37.5 Å². The molecule has 0 radical (unpaired) electrons. The minimum absolute atomic E-state index is 0.251. The van der Waals surface area contributed by atoms with Crippen LogP contribution in [0.4, 0.5) is 10.5 Å². The van der Waals surface area contributed by atoms with Crippen molar-refractivity contribution in [3.05, 3.63) is 65.9 Å². The van der Waals surface area contributed by atoms with Crippen molar-refractivity contribution in [2.45, 2.75) is 0 Å². The van der Waals surface area contributed by atoms with E-state index in [9.17, 15) is 9.59 Å². The number of urea groups is 1. The molecule has 0 atom stereocenters. The molecule has 0 spiro atoms. The Hall–Kier alpha value is -3.61. The highest BCUT2D eigenvalue weighted by Gasteiger charge is 2.43. The van der Waals surface area contributed by atoms with Crippen LogP contribution >= 0.6 is 0 Å². The van der Waals surface area contributed by atoms with E-state index < -0.39 is 5.91 Å². The monoisotopic (exact) mass is 334 g/mol. The number of guanidine groups is 1. The second-order valence-electron chi connectivity index (χ2n) is 5.44. The van der Waals surface area contributed by atoms with Gasteiger partial charge in [0.2, 0.25) is 5.96 Å². The number of methoxy groups -OCH3 is 1. The molecule has 1 saturated heterocycles. The van der Waals surface area contributed by atoms with Gasteiger partial charge in [-0.2, -0.15) is 4.99 Å². The molecule has 25 heavy (non-hydrogen) atoms. The number of rotatable bonds is 3. The first kappa shape index (κ1) is 14.9. The number of nitrogens with one attached hydrogen (secondary N) is 1. The first-order chi connectivity index (χ1) is 12.2. The molecule has 7 nitrogen and oxygen atoms in total. The molecule has 2 aromatic rings. The van der Waals surface area contributed by atoms with E-state index >= 15 is 0 Å². The number of nitrogens with zero attached hydrogens (tertiary/aromatic N) is 3. The van der Waals surface area contributed by atoms with Crippen molar-refractivity contribution < 1.29 is 14.3 Å². The molecule has 2 aromatic carbocycles. The summed E-state index contributed by atoms with van der Waals surface area (Å²) >= 11 is 0. The number of hydrazine groups is 1. The number of para-hydroxylation sites is 1. The van der Waals surface area contributed by atoms with Gasteiger partial charge in [0.05, 0.1) is 12.8 Å². The zero-order chi connectivity index (χ0) is 17.4. The molecule has 3 amide bonds. The molecule has 0 unspecified atom stereocenters. The third-order valence-corrected chi connectivity index (χ3v) is 3.91. The molecule has 0 aliphatic carbocycles. The molecule has 124 valence electrons. The van der Waals surface area contributed by atoms with Crippen molar-refractivity contribution in [3.8, 4) is 5.75 Å². The Morgan fingerprint density at radius 3 is 2.44 bits per heavy atom. The van der Waals surface area contributed by atoms with E-state index in [-0.39, 0.29) is 17.7 Å².